The molecule has 0 bridgehead atoms. The van der Waals surface area contributed by atoms with E-state index in [9.17, 15) is 14.7 Å². The Hall–Kier alpha value is -2.30. The summed E-state index contributed by atoms with van der Waals surface area (Å²) in [6.07, 6.45) is -0.933. The van der Waals surface area contributed by atoms with Crippen molar-refractivity contribution in [2.24, 2.45) is 0 Å². The molecule has 1 aromatic carbocycles. The van der Waals surface area contributed by atoms with Crippen molar-refractivity contribution in [3.05, 3.63) is 47.2 Å². The standard InChI is InChI=1S/C12H10O5/c1-16-11(14)8-9(13)10(17-12(8)15)7-5-3-2-4-6-7/h2-6,10,13H,1H3/t10-/m1/s1. The zero-order chi connectivity index (χ0) is 12.4. The van der Waals surface area contributed by atoms with Crippen molar-refractivity contribution in [2.75, 3.05) is 7.11 Å². The lowest BCUT2D eigenvalue weighted by molar-refractivity contribution is -0.145. The summed E-state index contributed by atoms with van der Waals surface area (Å²) >= 11 is 0. The van der Waals surface area contributed by atoms with Crippen LogP contribution in [0, 0.1) is 0 Å². The van der Waals surface area contributed by atoms with E-state index >= 15 is 0 Å². The van der Waals surface area contributed by atoms with E-state index in [1.54, 1.807) is 30.3 Å². The number of aliphatic hydroxyl groups is 1. The maximum atomic E-state index is 11.4. The number of benzene rings is 1. The van der Waals surface area contributed by atoms with Crippen LogP contribution < -0.4 is 0 Å². The van der Waals surface area contributed by atoms with Gasteiger partial charge in [0.15, 0.2) is 17.4 Å². The third kappa shape index (κ3) is 1.87. The number of carbonyl (C=O) groups excluding carboxylic acids is 2. The van der Waals surface area contributed by atoms with Crippen LogP contribution in [0.1, 0.15) is 11.7 Å². The van der Waals surface area contributed by atoms with E-state index < -0.39 is 29.4 Å². The molecule has 0 amide bonds. The van der Waals surface area contributed by atoms with E-state index in [-0.39, 0.29) is 0 Å². The fourth-order valence-corrected chi connectivity index (χ4v) is 1.60. The van der Waals surface area contributed by atoms with Gasteiger partial charge in [-0.2, -0.15) is 0 Å². The zero-order valence-corrected chi connectivity index (χ0v) is 9.04. The van der Waals surface area contributed by atoms with Crippen molar-refractivity contribution in [1.29, 1.82) is 0 Å². The molecule has 2 rings (SSSR count). The van der Waals surface area contributed by atoms with Crippen molar-refractivity contribution in [2.45, 2.75) is 6.10 Å². The molecule has 0 unspecified atom stereocenters. The molecule has 0 radical (unpaired) electrons. The fraction of sp³-hybridized carbons (Fsp3) is 0.167. The Labute approximate surface area is 97.3 Å². The molecule has 88 valence electrons. The molecule has 1 atom stereocenters. The first kappa shape index (κ1) is 11.2. The second-order valence-electron chi connectivity index (χ2n) is 3.45. The van der Waals surface area contributed by atoms with Crippen LogP contribution in [0.15, 0.2) is 41.7 Å². The average molecular weight is 234 g/mol. The number of hydrogen-bond acceptors (Lipinski definition) is 5. The highest BCUT2D eigenvalue weighted by molar-refractivity contribution is 6.16. The van der Waals surface area contributed by atoms with Gasteiger partial charge >= 0.3 is 11.9 Å². The minimum Gasteiger partial charge on any atom is -0.507 e. The lowest BCUT2D eigenvalue weighted by Crippen LogP contribution is -2.12. The molecular formula is C12H10O5. The topological polar surface area (TPSA) is 72.8 Å². The molecule has 0 fully saturated rings. The van der Waals surface area contributed by atoms with Gasteiger partial charge in [0, 0.05) is 5.56 Å². The number of esters is 2. The second-order valence-corrected chi connectivity index (χ2v) is 3.45. The highest BCUT2D eigenvalue weighted by Gasteiger charge is 2.39. The number of cyclic esters (lactones) is 1. The first-order valence-electron chi connectivity index (χ1n) is 4.92. The van der Waals surface area contributed by atoms with Crippen molar-refractivity contribution < 1.29 is 24.2 Å². The molecule has 17 heavy (non-hydrogen) atoms. The summed E-state index contributed by atoms with van der Waals surface area (Å²) in [6.45, 7) is 0. The van der Waals surface area contributed by atoms with Crippen LogP contribution >= 0.6 is 0 Å². The summed E-state index contributed by atoms with van der Waals surface area (Å²) in [4.78, 5) is 22.7. The number of methoxy groups -OCH3 is 1. The average Bonchev–Trinajstić information content (AvgIpc) is 2.65. The first-order chi connectivity index (χ1) is 8.15. The number of hydrogen-bond donors (Lipinski definition) is 1. The number of rotatable bonds is 2. The van der Waals surface area contributed by atoms with E-state index in [1.807, 2.05) is 0 Å². The fourth-order valence-electron chi connectivity index (χ4n) is 1.60. The number of aliphatic hydroxyl groups excluding tert-OH is 1. The minimum atomic E-state index is -0.933. The normalized spacial score (nSPS) is 19.1. The van der Waals surface area contributed by atoms with E-state index in [2.05, 4.69) is 4.74 Å². The SMILES string of the molecule is COC(=O)C1=C(O)[C@@H](c2ccccc2)OC1=O. The van der Waals surface area contributed by atoms with E-state index in [0.29, 0.717) is 5.56 Å². The van der Waals surface area contributed by atoms with Crippen LogP contribution in [0.4, 0.5) is 0 Å². The Kier molecular flexibility index (Phi) is 2.82. The summed E-state index contributed by atoms with van der Waals surface area (Å²) in [5, 5.41) is 9.81. The van der Waals surface area contributed by atoms with Gasteiger partial charge in [-0.15, -0.1) is 0 Å². The van der Waals surface area contributed by atoms with Crippen LogP contribution in [0.3, 0.4) is 0 Å². The molecule has 0 saturated carbocycles. The quantitative estimate of drug-likeness (QED) is 0.616. The monoisotopic (exact) mass is 234 g/mol. The summed E-state index contributed by atoms with van der Waals surface area (Å²) in [5.74, 6) is -2.18. The van der Waals surface area contributed by atoms with Gasteiger partial charge in [-0.05, 0) is 0 Å². The second kappa shape index (κ2) is 4.29. The van der Waals surface area contributed by atoms with Crippen molar-refractivity contribution >= 4 is 11.9 Å². The van der Waals surface area contributed by atoms with Crippen LogP contribution in [0.25, 0.3) is 0 Å². The van der Waals surface area contributed by atoms with E-state index in [1.165, 1.54) is 0 Å². The Morgan fingerprint density at radius 1 is 1.35 bits per heavy atom. The molecule has 5 heteroatoms. The van der Waals surface area contributed by atoms with Crippen LogP contribution in [-0.4, -0.2) is 24.2 Å². The number of ether oxygens (including phenoxy) is 2. The molecule has 0 spiro atoms. The molecule has 5 nitrogen and oxygen atoms in total. The summed E-state index contributed by atoms with van der Waals surface area (Å²) in [7, 11) is 1.13. The summed E-state index contributed by atoms with van der Waals surface area (Å²) < 4.78 is 9.33. The van der Waals surface area contributed by atoms with Gasteiger partial charge in [0.1, 0.15) is 0 Å². The van der Waals surface area contributed by atoms with Gasteiger partial charge in [0.2, 0.25) is 0 Å². The third-order valence-corrected chi connectivity index (χ3v) is 2.43. The highest BCUT2D eigenvalue weighted by Crippen LogP contribution is 2.33. The predicted octanol–water partition coefficient (Wildman–Crippen LogP) is 1.27. The van der Waals surface area contributed by atoms with Gasteiger partial charge in [-0.25, -0.2) is 9.59 Å². The van der Waals surface area contributed by atoms with Gasteiger partial charge in [-0.3, -0.25) is 0 Å². The molecule has 1 aliphatic heterocycles. The van der Waals surface area contributed by atoms with Crippen LogP contribution in [0.5, 0.6) is 0 Å². The molecule has 1 aliphatic rings. The highest BCUT2D eigenvalue weighted by atomic mass is 16.6. The molecule has 1 aromatic rings. The van der Waals surface area contributed by atoms with Gasteiger partial charge < -0.3 is 14.6 Å². The van der Waals surface area contributed by atoms with Gasteiger partial charge in [0.25, 0.3) is 0 Å². The van der Waals surface area contributed by atoms with Gasteiger partial charge in [-0.1, -0.05) is 30.3 Å². The molecular weight excluding hydrogens is 224 g/mol. The lowest BCUT2D eigenvalue weighted by Gasteiger charge is -2.09. The van der Waals surface area contributed by atoms with Crippen molar-refractivity contribution in [3.63, 3.8) is 0 Å². The van der Waals surface area contributed by atoms with Crippen LogP contribution in [0.2, 0.25) is 0 Å². The molecule has 0 saturated heterocycles. The van der Waals surface area contributed by atoms with Gasteiger partial charge in [0.05, 0.1) is 7.11 Å². The maximum Gasteiger partial charge on any atom is 0.350 e. The lowest BCUT2D eigenvalue weighted by atomic mass is 10.1. The molecule has 0 aromatic heterocycles. The predicted molar refractivity (Wildman–Crippen MR) is 56.9 cm³/mol. The van der Waals surface area contributed by atoms with Crippen LogP contribution in [-0.2, 0) is 19.1 Å². The first-order valence-corrected chi connectivity index (χ1v) is 4.92. The summed E-state index contributed by atoms with van der Waals surface area (Å²) in [5.41, 5.74) is 0.151. The van der Waals surface area contributed by atoms with Crippen molar-refractivity contribution in [3.8, 4) is 0 Å². The number of carbonyl (C=O) groups is 2. The molecule has 0 aliphatic carbocycles. The molecule has 1 heterocycles. The smallest absolute Gasteiger partial charge is 0.350 e. The molecule has 1 N–H and O–H groups in total. The Morgan fingerprint density at radius 3 is 2.59 bits per heavy atom. The van der Waals surface area contributed by atoms with Crippen molar-refractivity contribution in [1.82, 2.24) is 0 Å². The zero-order valence-electron chi connectivity index (χ0n) is 9.04. The summed E-state index contributed by atoms with van der Waals surface area (Å²) in [6, 6.07) is 8.66. The van der Waals surface area contributed by atoms with E-state index in [0.717, 1.165) is 7.11 Å². The Balaban J connectivity index is 2.39. The van der Waals surface area contributed by atoms with E-state index in [4.69, 9.17) is 4.74 Å². The maximum absolute atomic E-state index is 11.4. The Bertz CT molecular complexity index is 489. The minimum absolute atomic E-state index is 0.409. The largest absolute Gasteiger partial charge is 0.507 e. The Morgan fingerprint density at radius 2 is 2.00 bits per heavy atom. The third-order valence-electron chi connectivity index (χ3n) is 2.43.